The van der Waals surface area contributed by atoms with Crippen LogP contribution in [0, 0.1) is 5.92 Å². The average molecular weight is 549 g/mol. The molecule has 3 aromatic carbocycles. The van der Waals surface area contributed by atoms with Crippen LogP contribution < -0.4 is 10.3 Å². The second-order valence-corrected chi connectivity index (χ2v) is 10.9. The number of carbonyl (C=O) groups excluding carboxylic acids is 3. The van der Waals surface area contributed by atoms with Gasteiger partial charge in [-0.1, -0.05) is 74.5 Å². The summed E-state index contributed by atoms with van der Waals surface area (Å²) in [6, 6.07) is 22.6. The van der Waals surface area contributed by atoms with Crippen LogP contribution in [0.25, 0.3) is 10.9 Å². The van der Waals surface area contributed by atoms with Gasteiger partial charge in [-0.05, 0) is 41.8 Å². The minimum absolute atomic E-state index is 0.172. The van der Waals surface area contributed by atoms with Crippen molar-refractivity contribution in [3.05, 3.63) is 108 Å². The highest BCUT2D eigenvalue weighted by molar-refractivity contribution is 6.24. The number of anilines is 2. The summed E-state index contributed by atoms with van der Waals surface area (Å²) >= 11 is 0. The first kappa shape index (κ1) is 26.7. The molecule has 2 aliphatic heterocycles. The van der Waals surface area contributed by atoms with Crippen LogP contribution in [0.3, 0.4) is 0 Å². The lowest BCUT2D eigenvalue weighted by Gasteiger charge is -2.40. The molecule has 0 radical (unpaired) electrons. The number of hydrogen-bond donors (Lipinski definition) is 2. The number of fused-ring (bicyclic) bond motifs is 2. The molecule has 1 saturated heterocycles. The van der Waals surface area contributed by atoms with Crippen LogP contribution in [0.2, 0.25) is 0 Å². The Balaban J connectivity index is 1.43. The molecule has 0 aliphatic carbocycles. The highest BCUT2D eigenvalue weighted by Gasteiger charge is 2.54. The Morgan fingerprint density at radius 2 is 1.56 bits per heavy atom. The number of amides is 2. The van der Waals surface area contributed by atoms with Crippen LogP contribution >= 0.6 is 0 Å². The van der Waals surface area contributed by atoms with Crippen LogP contribution in [0.1, 0.15) is 48.7 Å². The number of hydrazine groups is 1. The topological polar surface area (TPSA) is 94.9 Å². The van der Waals surface area contributed by atoms with E-state index in [4.69, 9.17) is 0 Å². The number of nitrogens with zero attached hydrogens (tertiary/aromatic N) is 3. The van der Waals surface area contributed by atoms with Crippen molar-refractivity contribution in [3.8, 4) is 0 Å². The lowest BCUT2D eigenvalue weighted by Crippen LogP contribution is -2.55. The number of nitrogens with one attached hydrogen (secondary N) is 1. The molecule has 4 aromatic rings. The second kappa shape index (κ2) is 10.5. The van der Waals surface area contributed by atoms with Crippen LogP contribution in [0.5, 0.6) is 0 Å². The van der Waals surface area contributed by atoms with Gasteiger partial charge in [0, 0.05) is 29.8 Å². The third-order valence-corrected chi connectivity index (χ3v) is 8.03. The van der Waals surface area contributed by atoms with E-state index in [-0.39, 0.29) is 17.7 Å². The van der Waals surface area contributed by atoms with Gasteiger partial charge in [0.1, 0.15) is 12.1 Å². The van der Waals surface area contributed by atoms with Crippen molar-refractivity contribution < 1.29 is 19.5 Å². The van der Waals surface area contributed by atoms with E-state index in [1.807, 2.05) is 54.6 Å². The summed E-state index contributed by atoms with van der Waals surface area (Å²) in [4.78, 5) is 41.2. The number of imide groups is 1. The lowest BCUT2D eigenvalue weighted by molar-refractivity contribution is -0.123. The van der Waals surface area contributed by atoms with Gasteiger partial charge in [-0.15, -0.1) is 0 Å². The molecule has 3 heterocycles. The number of benzene rings is 3. The maximum atomic E-state index is 14.0. The number of aliphatic hydroxyl groups is 1. The first-order valence-electron chi connectivity index (χ1n) is 13.8. The van der Waals surface area contributed by atoms with E-state index in [1.165, 1.54) is 22.0 Å². The predicted molar refractivity (Wildman–Crippen MR) is 158 cm³/mol. The Labute approximate surface area is 238 Å². The quantitative estimate of drug-likeness (QED) is 0.251. The van der Waals surface area contributed by atoms with Gasteiger partial charge in [0.25, 0.3) is 5.91 Å². The van der Waals surface area contributed by atoms with Gasteiger partial charge in [-0.25, -0.2) is 9.91 Å². The molecular weight excluding hydrogens is 516 g/mol. The monoisotopic (exact) mass is 548 g/mol. The van der Waals surface area contributed by atoms with Crippen molar-refractivity contribution in [3.63, 3.8) is 0 Å². The smallest absolute Gasteiger partial charge is 0.254 e. The molecule has 2 N–H and O–H groups in total. The van der Waals surface area contributed by atoms with Gasteiger partial charge >= 0.3 is 0 Å². The fourth-order valence-electron chi connectivity index (χ4n) is 5.88. The molecule has 8 heteroatoms. The summed E-state index contributed by atoms with van der Waals surface area (Å²) in [6.45, 7) is 5.71. The molecule has 41 heavy (non-hydrogen) atoms. The van der Waals surface area contributed by atoms with Crippen LogP contribution in [-0.4, -0.2) is 44.5 Å². The molecule has 4 unspecified atom stereocenters. The lowest BCUT2D eigenvalue weighted by atomic mass is 9.90. The maximum absolute atomic E-state index is 14.0. The van der Waals surface area contributed by atoms with Crippen LogP contribution in [0.15, 0.2) is 97.2 Å². The molecule has 8 nitrogen and oxygen atoms in total. The van der Waals surface area contributed by atoms with Crippen molar-refractivity contribution in [1.29, 1.82) is 0 Å². The summed E-state index contributed by atoms with van der Waals surface area (Å²) in [5, 5.41) is 14.3. The summed E-state index contributed by atoms with van der Waals surface area (Å²) in [6.07, 6.45) is 4.05. The zero-order chi connectivity index (χ0) is 28.8. The zero-order valence-electron chi connectivity index (χ0n) is 23.1. The standard InChI is InChI=1S/C33H32N4O4/c1-20(2)22-13-15-23(16-14-22)34-37-29(31(39)27-19-35(21(3)38)28-12-8-7-11-25(27)28)18-17-26-30(37)33(41)36(32(26)40)24-9-5-4-6-10-24/h4-20,26,29-31,34,39H,1-3H3. The van der Waals surface area contributed by atoms with Gasteiger partial charge in [-0.2, -0.15) is 0 Å². The summed E-state index contributed by atoms with van der Waals surface area (Å²) < 4.78 is 1.52. The van der Waals surface area contributed by atoms with Gasteiger partial charge in [-0.3, -0.25) is 19.0 Å². The highest BCUT2D eigenvalue weighted by Crippen LogP contribution is 2.39. The number of carbonyl (C=O) groups is 3. The average Bonchev–Trinajstić information content (AvgIpc) is 3.49. The second-order valence-electron chi connectivity index (χ2n) is 10.9. The van der Waals surface area contributed by atoms with Crippen molar-refractivity contribution >= 4 is 40.0 Å². The zero-order valence-corrected chi connectivity index (χ0v) is 23.1. The minimum atomic E-state index is -1.12. The number of aliphatic hydroxyl groups excluding tert-OH is 1. The Morgan fingerprint density at radius 1 is 0.878 bits per heavy atom. The number of aromatic nitrogens is 1. The molecule has 0 saturated carbocycles. The SMILES string of the molecule is CC(=O)n1cc(C(O)C2C=CC3C(=O)N(c4ccccc4)C(=O)C3N2Nc2ccc(C(C)C)cc2)c2ccccc21. The van der Waals surface area contributed by atoms with Crippen molar-refractivity contribution in [2.45, 2.75) is 44.9 Å². The molecular formula is C33H32N4O4. The summed E-state index contributed by atoms with van der Waals surface area (Å²) in [7, 11) is 0. The van der Waals surface area contributed by atoms with Crippen molar-refractivity contribution in [2.24, 2.45) is 5.92 Å². The first-order valence-corrected chi connectivity index (χ1v) is 13.8. The molecule has 1 fully saturated rings. The predicted octanol–water partition coefficient (Wildman–Crippen LogP) is 5.28. The van der Waals surface area contributed by atoms with Crippen molar-refractivity contribution in [1.82, 2.24) is 9.58 Å². The Hall–Kier alpha value is -4.53. The molecule has 0 bridgehead atoms. The van der Waals surface area contributed by atoms with E-state index >= 15 is 0 Å². The summed E-state index contributed by atoms with van der Waals surface area (Å²) in [5.41, 5.74) is 7.02. The Morgan fingerprint density at radius 3 is 2.24 bits per heavy atom. The van der Waals surface area contributed by atoms with Gasteiger partial charge in [0.15, 0.2) is 0 Å². The molecule has 0 spiro atoms. The van der Waals surface area contributed by atoms with E-state index in [0.717, 1.165) is 11.1 Å². The largest absolute Gasteiger partial charge is 0.386 e. The molecule has 2 aliphatic rings. The van der Waals surface area contributed by atoms with E-state index in [9.17, 15) is 19.5 Å². The Kier molecular flexibility index (Phi) is 6.81. The fourth-order valence-corrected chi connectivity index (χ4v) is 5.88. The molecule has 208 valence electrons. The normalized spacial score (nSPS) is 21.5. The third-order valence-electron chi connectivity index (χ3n) is 8.03. The van der Waals surface area contributed by atoms with Gasteiger partial charge in [0.2, 0.25) is 11.8 Å². The van der Waals surface area contributed by atoms with E-state index in [1.54, 1.807) is 47.6 Å². The minimum Gasteiger partial charge on any atom is -0.386 e. The van der Waals surface area contributed by atoms with E-state index < -0.39 is 24.1 Å². The first-order chi connectivity index (χ1) is 19.8. The number of para-hydroxylation sites is 2. The number of rotatable bonds is 6. The molecule has 4 atom stereocenters. The van der Waals surface area contributed by atoms with Crippen molar-refractivity contribution in [2.75, 3.05) is 10.3 Å². The maximum Gasteiger partial charge on any atom is 0.254 e. The van der Waals surface area contributed by atoms with Crippen LogP contribution in [-0.2, 0) is 9.59 Å². The highest BCUT2D eigenvalue weighted by atomic mass is 16.3. The van der Waals surface area contributed by atoms with Gasteiger partial charge in [0.05, 0.1) is 23.2 Å². The van der Waals surface area contributed by atoms with E-state index in [0.29, 0.717) is 22.7 Å². The molecule has 6 rings (SSSR count). The number of hydrogen-bond acceptors (Lipinski definition) is 6. The summed E-state index contributed by atoms with van der Waals surface area (Å²) in [5.74, 6) is -1.23. The van der Waals surface area contributed by atoms with Crippen LogP contribution in [0.4, 0.5) is 11.4 Å². The Bertz CT molecular complexity index is 1660. The van der Waals surface area contributed by atoms with Gasteiger partial charge < -0.3 is 10.5 Å². The third kappa shape index (κ3) is 4.55. The molecule has 2 amide bonds. The fraction of sp³-hybridized carbons (Fsp3) is 0.242. The molecule has 1 aromatic heterocycles. The van der Waals surface area contributed by atoms with E-state index in [2.05, 4.69) is 19.3 Å².